The molecule has 7 nitrogen and oxygen atoms in total. The molecule has 2 N–H and O–H groups in total. The summed E-state index contributed by atoms with van der Waals surface area (Å²) in [7, 11) is 1.74. The van der Waals surface area contributed by atoms with E-state index in [9.17, 15) is 9.59 Å². The molecule has 0 bridgehead atoms. The smallest absolute Gasteiger partial charge is 0.263 e. The first-order chi connectivity index (χ1) is 13.1. The SMILES string of the molecule is Cn1nc(NC(=O)COc2ccccc2)c2c1NC(=O)C[C@@H]2c1cccs1. The van der Waals surface area contributed by atoms with Crippen molar-refractivity contribution in [3.63, 3.8) is 0 Å². The molecule has 138 valence electrons. The lowest BCUT2D eigenvalue weighted by Gasteiger charge is -2.23. The molecule has 0 radical (unpaired) electrons. The highest BCUT2D eigenvalue weighted by Gasteiger charge is 2.34. The van der Waals surface area contributed by atoms with Gasteiger partial charge in [0, 0.05) is 29.8 Å². The van der Waals surface area contributed by atoms with E-state index in [1.807, 2.05) is 35.7 Å². The molecule has 0 saturated heterocycles. The van der Waals surface area contributed by atoms with Crippen LogP contribution in [-0.4, -0.2) is 28.2 Å². The van der Waals surface area contributed by atoms with Gasteiger partial charge in [-0.15, -0.1) is 11.3 Å². The molecule has 3 aromatic rings. The van der Waals surface area contributed by atoms with Crippen molar-refractivity contribution in [3.8, 4) is 5.75 Å². The number of rotatable bonds is 5. The molecule has 4 rings (SSSR count). The van der Waals surface area contributed by atoms with Crippen LogP contribution in [0.4, 0.5) is 11.6 Å². The van der Waals surface area contributed by atoms with Crippen LogP contribution >= 0.6 is 11.3 Å². The van der Waals surface area contributed by atoms with E-state index < -0.39 is 0 Å². The zero-order valence-electron chi connectivity index (χ0n) is 14.6. The lowest BCUT2D eigenvalue weighted by molar-refractivity contribution is -0.118. The van der Waals surface area contributed by atoms with E-state index >= 15 is 0 Å². The second-order valence-corrected chi connectivity index (χ2v) is 7.18. The first-order valence-electron chi connectivity index (χ1n) is 8.49. The number of nitrogens with zero attached hydrogens (tertiary/aromatic N) is 2. The van der Waals surface area contributed by atoms with Gasteiger partial charge in [-0.25, -0.2) is 0 Å². The predicted molar refractivity (Wildman–Crippen MR) is 103 cm³/mol. The molecule has 0 spiro atoms. The molecule has 1 atom stereocenters. The van der Waals surface area contributed by atoms with Crippen LogP contribution in [0.1, 0.15) is 22.8 Å². The van der Waals surface area contributed by atoms with Crippen molar-refractivity contribution in [1.82, 2.24) is 9.78 Å². The molecule has 1 aliphatic rings. The summed E-state index contributed by atoms with van der Waals surface area (Å²) >= 11 is 1.59. The van der Waals surface area contributed by atoms with Crippen molar-refractivity contribution < 1.29 is 14.3 Å². The molecule has 2 aromatic heterocycles. The van der Waals surface area contributed by atoms with Gasteiger partial charge in [-0.05, 0) is 23.6 Å². The number of amides is 2. The van der Waals surface area contributed by atoms with Gasteiger partial charge in [0.15, 0.2) is 12.4 Å². The third kappa shape index (κ3) is 3.56. The third-order valence-corrected chi connectivity index (χ3v) is 5.32. The summed E-state index contributed by atoms with van der Waals surface area (Å²) in [4.78, 5) is 25.6. The van der Waals surface area contributed by atoms with Crippen LogP contribution in [0, 0.1) is 0 Å². The first kappa shape index (κ1) is 17.3. The monoisotopic (exact) mass is 382 g/mol. The Labute approximate surface area is 160 Å². The van der Waals surface area contributed by atoms with Crippen molar-refractivity contribution in [1.29, 1.82) is 0 Å². The number of hydrogen-bond donors (Lipinski definition) is 2. The summed E-state index contributed by atoms with van der Waals surface area (Å²) in [5, 5.41) is 12.1. The number of carbonyl (C=O) groups excluding carboxylic acids is 2. The lowest BCUT2D eigenvalue weighted by Crippen LogP contribution is -2.25. The van der Waals surface area contributed by atoms with Gasteiger partial charge in [0.1, 0.15) is 11.6 Å². The van der Waals surface area contributed by atoms with Crippen LogP contribution in [0.3, 0.4) is 0 Å². The molecule has 2 amide bonds. The quantitative estimate of drug-likeness (QED) is 0.710. The summed E-state index contributed by atoms with van der Waals surface area (Å²) in [5.74, 6) is 1.19. The number of benzene rings is 1. The van der Waals surface area contributed by atoms with Gasteiger partial charge in [-0.1, -0.05) is 24.3 Å². The van der Waals surface area contributed by atoms with Crippen molar-refractivity contribution in [2.45, 2.75) is 12.3 Å². The zero-order chi connectivity index (χ0) is 18.8. The number of anilines is 2. The highest BCUT2D eigenvalue weighted by molar-refractivity contribution is 7.10. The molecule has 0 unspecified atom stereocenters. The summed E-state index contributed by atoms with van der Waals surface area (Å²) in [5.41, 5.74) is 0.826. The number of aryl methyl sites for hydroxylation is 1. The number of carbonyl (C=O) groups is 2. The standard InChI is InChI=1S/C19H18N4O3S/c1-23-19-17(13(10-15(24)21-19)14-8-5-9-27-14)18(22-23)20-16(25)11-26-12-6-3-2-4-7-12/h2-9,13H,10-11H2,1H3,(H,21,24)(H,20,22,25)/t13-/m1/s1. The number of ether oxygens (including phenoxy) is 1. The third-order valence-electron chi connectivity index (χ3n) is 4.34. The average molecular weight is 382 g/mol. The zero-order valence-corrected chi connectivity index (χ0v) is 15.5. The Morgan fingerprint density at radius 3 is 2.89 bits per heavy atom. The molecule has 0 fully saturated rings. The van der Waals surface area contributed by atoms with E-state index in [1.54, 1.807) is 35.2 Å². The van der Waals surface area contributed by atoms with Crippen LogP contribution in [0.2, 0.25) is 0 Å². The van der Waals surface area contributed by atoms with Gasteiger partial charge >= 0.3 is 0 Å². The Bertz CT molecular complexity index is 967. The molecular weight excluding hydrogens is 364 g/mol. The summed E-state index contributed by atoms with van der Waals surface area (Å²) in [6, 6.07) is 13.1. The number of hydrogen-bond acceptors (Lipinski definition) is 5. The number of para-hydroxylation sites is 1. The van der Waals surface area contributed by atoms with Crippen molar-refractivity contribution in [3.05, 3.63) is 58.3 Å². The topological polar surface area (TPSA) is 85.2 Å². The van der Waals surface area contributed by atoms with Crippen LogP contribution in [0.15, 0.2) is 47.8 Å². The minimum atomic E-state index is -0.304. The molecule has 3 heterocycles. The maximum atomic E-state index is 12.4. The Kier molecular flexibility index (Phi) is 4.64. The van der Waals surface area contributed by atoms with E-state index in [4.69, 9.17) is 4.74 Å². The first-order valence-corrected chi connectivity index (χ1v) is 9.37. The molecular formula is C19H18N4O3S. The molecule has 0 saturated carbocycles. The van der Waals surface area contributed by atoms with Crippen molar-refractivity contribution >= 4 is 34.8 Å². The van der Waals surface area contributed by atoms with Gasteiger partial charge in [0.25, 0.3) is 5.91 Å². The molecule has 0 aliphatic carbocycles. The predicted octanol–water partition coefficient (Wildman–Crippen LogP) is 2.97. The highest BCUT2D eigenvalue weighted by atomic mass is 32.1. The highest BCUT2D eigenvalue weighted by Crippen LogP contribution is 2.42. The maximum Gasteiger partial charge on any atom is 0.263 e. The van der Waals surface area contributed by atoms with Gasteiger partial charge in [-0.3, -0.25) is 14.3 Å². The number of fused-ring (bicyclic) bond motifs is 1. The van der Waals surface area contributed by atoms with E-state index in [1.165, 1.54) is 0 Å². The van der Waals surface area contributed by atoms with E-state index in [-0.39, 0.29) is 24.3 Å². The van der Waals surface area contributed by atoms with E-state index in [0.29, 0.717) is 23.8 Å². The van der Waals surface area contributed by atoms with Crippen LogP contribution < -0.4 is 15.4 Å². The van der Waals surface area contributed by atoms with Gasteiger partial charge in [-0.2, -0.15) is 5.10 Å². The summed E-state index contributed by atoms with van der Waals surface area (Å²) < 4.78 is 7.08. The number of nitrogens with one attached hydrogen (secondary N) is 2. The normalized spacial score (nSPS) is 15.7. The van der Waals surface area contributed by atoms with Gasteiger partial charge in [0.05, 0.1) is 0 Å². The minimum Gasteiger partial charge on any atom is -0.484 e. The Morgan fingerprint density at radius 1 is 1.33 bits per heavy atom. The second-order valence-electron chi connectivity index (χ2n) is 6.20. The molecule has 1 aliphatic heterocycles. The minimum absolute atomic E-state index is 0.0609. The maximum absolute atomic E-state index is 12.4. The number of aromatic nitrogens is 2. The Hall–Kier alpha value is -3.13. The fourth-order valence-corrected chi connectivity index (χ4v) is 3.98. The van der Waals surface area contributed by atoms with Crippen molar-refractivity contribution in [2.24, 2.45) is 7.05 Å². The lowest BCUT2D eigenvalue weighted by atomic mass is 9.92. The Morgan fingerprint density at radius 2 is 2.15 bits per heavy atom. The average Bonchev–Trinajstić information content (AvgIpc) is 3.30. The van der Waals surface area contributed by atoms with E-state index in [0.717, 1.165) is 10.4 Å². The second kappa shape index (κ2) is 7.24. The fraction of sp³-hybridized carbons (Fsp3) is 0.211. The Balaban J connectivity index is 1.56. The molecule has 27 heavy (non-hydrogen) atoms. The largest absolute Gasteiger partial charge is 0.484 e. The van der Waals surface area contributed by atoms with Gasteiger partial charge < -0.3 is 15.4 Å². The van der Waals surface area contributed by atoms with Gasteiger partial charge in [0.2, 0.25) is 5.91 Å². The summed E-state index contributed by atoms with van der Waals surface area (Å²) in [6.07, 6.45) is 0.322. The summed E-state index contributed by atoms with van der Waals surface area (Å²) in [6.45, 7) is -0.120. The van der Waals surface area contributed by atoms with E-state index in [2.05, 4.69) is 15.7 Å². The van der Waals surface area contributed by atoms with Crippen molar-refractivity contribution in [2.75, 3.05) is 17.2 Å². The molecule has 8 heteroatoms. The van der Waals surface area contributed by atoms with Crippen LogP contribution in [0.5, 0.6) is 5.75 Å². The fourth-order valence-electron chi connectivity index (χ4n) is 3.15. The van der Waals surface area contributed by atoms with Crippen LogP contribution in [-0.2, 0) is 16.6 Å². The van der Waals surface area contributed by atoms with Crippen LogP contribution in [0.25, 0.3) is 0 Å². The number of thiophene rings is 1. The molecule has 1 aromatic carbocycles.